The molecule has 170 valence electrons. The summed E-state index contributed by atoms with van der Waals surface area (Å²) in [6, 6.07) is 1.84. The largest absolute Gasteiger partial charge is 0.506 e. The highest BCUT2D eigenvalue weighted by Gasteiger charge is 2.44. The summed E-state index contributed by atoms with van der Waals surface area (Å²) < 4.78 is 6.61. The number of hydrazine groups is 1. The monoisotopic (exact) mass is 464 g/mol. The third-order valence-corrected chi connectivity index (χ3v) is 7.97. The molecule has 3 rings (SSSR count). The maximum absolute atomic E-state index is 13.3. The molecule has 1 fully saturated rings. The number of aromatic hydroxyl groups is 1. The van der Waals surface area contributed by atoms with E-state index < -0.39 is 0 Å². The molecule has 0 atom stereocenters. The summed E-state index contributed by atoms with van der Waals surface area (Å²) in [4.78, 5) is 28.0. The Balaban J connectivity index is 1.95. The van der Waals surface area contributed by atoms with Crippen LogP contribution in [0, 0.1) is 6.92 Å². The summed E-state index contributed by atoms with van der Waals surface area (Å²) >= 11 is 2.67. The average Bonchev–Trinajstić information content (AvgIpc) is 3.28. The molecular formula is C23H32N2O4S2. The molecule has 2 aliphatic heterocycles. The predicted molar refractivity (Wildman–Crippen MR) is 125 cm³/mol. The van der Waals surface area contributed by atoms with Crippen LogP contribution in [0.1, 0.15) is 64.9 Å². The van der Waals surface area contributed by atoms with E-state index in [-0.39, 0.29) is 23.1 Å². The summed E-state index contributed by atoms with van der Waals surface area (Å²) in [5.74, 6) is 0.425. The Morgan fingerprint density at radius 3 is 2.00 bits per heavy atom. The number of unbranched alkanes of at least 4 members (excludes halogenated alkanes) is 3. The van der Waals surface area contributed by atoms with Gasteiger partial charge in [-0.25, -0.2) is 10.0 Å². The highest BCUT2D eigenvalue weighted by molar-refractivity contribution is 8.25. The van der Waals surface area contributed by atoms with Crippen LogP contribution < -0.4 is 4.74 Å². The van der Waals surface area contributed by atoms with E-state index in [1.165, 1.54) is 23.5 Å². The Morgan fingerprint density at radius 1 is 0.903 bits per heavy atom. The van der Waals surface area contributed by atoms with Gasteiger partial charge in [-0.15, -0.1) is 0 Å². The van der Waals surface area contributed by atoms with Crippen molar-refractivity contribution in [1.29, 1.82) is 0 Å². The van der Waals surface area contributed by atoms with Crippen LogP contribution >= 0.6 is 23.5 Å². The molecule has 1 saturated heterocycles. The minimum Gasteiger partial charge on any atom is -0.506 e. The zero-order valence-electron chi connectivity index (χ0n) is 18.8. The number of fused-ring (bicyclic) bond motifs is 1. The first-order chi connectivity index (χ1) is 14.9. The molecule has 31 heavy (non-hydrogen) atoms. The maximum Gasteiger partial charge on any atom is 0.279 e. The SMILES string of the molecule is CCCCOc1cc(C)c(O)c2c1SC(=C1C(=O)N(CCCC)N(CCCC)C1=O)S2. The van der Waals surface area contributed by atoms with Crippen molar-refractivity contribution in [3.8, 4) is 11.5 Å². The molecular weight excluding hydrogens is 432 g/mol. The van der Waals surface area contributed by atoms with Crippen LogP contribution in [0.25, 0.3) is 0 Å². The van der Waals surface area contributed by atoms with Crippen molar-refractivity contribution in [3.05, 3.63) is 21.4 Å². The number of phenols is 1. The van der Waals surface area contributed by atoms with Gasteiger partial charge in [-0.2, -0.15) is 0 Å². The number of phenolic OH excluding ortho intramolecular Hbond substituents is 1. The third kappa shape index (κ3) is 4.85. The Bertz CT molecular complexity index is 857. The van der Waals surface area contributed by atoms with Gasteiger partial charge in [-0.3, -0.25) is 9.59 Å². The van der Waals surface area contributed by atoms with Gasteiger partial charge in [0, 0.05) is 13.1 Å². The molecule has 2 aliphatic rings. The Kier molecular flexibility index (Phi) is 8.22. The van der Waals surface area contributed by atoms with Crippen molar-refractivity contribution in [2.75, 3.05) is 19.7 Å². The van der Waals surface area contributed by atoms with Crippen molar-refractivity contribution in [3.63, 3.8) is 0 Å². The Morgan fingerprint density at radius 2 is 1.45 bits per heavy atom. The molecule has 0 aromatic heterocycles. The number of benzene rings is 1. The number of rotatable bonds is 10. The molecule has 0 saturated carbocycles. The lowest BCUT2D eigenvalue weighted by molar-refractivity contribution is -0.147. The number of aryl methyl sites for hydroxylation is 1. The van der Waals surface area contributed by atoms with Crippen LogP contribution in [0.2, 0.25) is 0 Å². The molecule has 1 aromatic carbocycles. The lowest BCUT2D eigenvalue weighted by Gasteiger charge is -2.27. The molecule has 2 heterocycles. The van der Waals surface area contributed by atoms with Crippen LogP contribution in [-0.4, -0.2) is 46.6 Å². The normalized spacial score (nSPS) is 16.0. The number of carbonyl (C=O) groups excluding carboxylic acids is 2. The van der Waals surface area contributed by atoms with Gasteiger partial charge in [0.25, 0.3) is 11.8 Å². The van der Waals surface area contributed by atoms with E-state index in [0.717, 1.165) is 49.0 Å². The molecule has 0 bridgehead atoms. The van der Waals surface area contributed by atoms with Crippen LogP contribution in [0.15, 0.2) is 25.7 Å². The number of nitrogens with zero attached hydrogens (tertiary/aromatic N) is 2. The molecule has 0 aliphatic carbocycles. The van der Waals surface area contributed by atoms with E-state index in [4.69, 9.17) is 4.74 Å². The lowest BCUT2D eigenvalue weighted by atomic mass is 10.2. The average molecular weight is 465 g/mol. The third-order valence-electron chi connectivity index (χ3n) is 5.35. The number of hydrogen-bond donors (Lipinski definition) is 1. The molecule has 0 radical (unpaired) electrons. The standard InChI is InChI=1S/C23H32N2O4S2/c1-5-8-11-24-21(27)17(22(28)25(24)12-9-6-2)23-30-19-16(29-13-10-7-3)14-15(4)18(26)20(19)31-23/h14,26H,5-13H2,1-4H3. The summed E-state index contributed by atoms with van der Waals surface area (Å²) in [7, 11) is 0. The zero-order chi connectivity index (χ0) is 22.5. The van der Waals surface area contributed by atoms with E-state index in [9.17, 15) is 14.7 Å². The highest BCUT2D eigenvalue weighted by atomic mass is 32.2. The smallest absolute Gasteiger partial charge is 0.279 e. The van der Waals surface area contributed by atoms with Crippen molar-refractivity contribution in [2.24, 2.45) is 0 Å². The van der Waals surface area contributed by atoms with E-state index in [1.807, 2.05) is 13.0 Å². The lowest BCUT2D eigenvalue weighted by Crippen LogP contribution is -2.42. The van der Waals surface area contributed by atoms with Gasteiger partial charge in [-0.05, 0) is 37.8 Å². The quantitative estimate of drug-likeness (QED) is 0.281. The minimum atomic E-state index is -0.234. The fourth-order valence-corrected chi connectivity index (χ4v) is 6.17. The van der Waals surface area contributed by atoms with Gasteiger partial charge < -0.3 is 9.84 Å². The fraction of sp³-hybridized carbons (Fsp3) is 0.565. The van der Waals surface area contributed by atoms with Crippen molar-refractivity contribution in [2.45, 2.75) is 76.0 Å². The topological polar surface area (TPSA) is 70.1 Å². The number of ether oxygens (including phenoxy) is 1. The van der Waals surface area contributed by atoms with Crippen LogP contribution in [-0.2, 0) is 9.59 Å². The first kappa shape index (κ1) is 23.9. The molecule has 6 nitrogen and oxygen atoms in total. The van der Waals surface area contributed by atoms with Gasteiger partial charge in [0.15, 0.2) is 0 Å². The van der Waals surface area contributed by atoms with Gasteiger partial charge in [0.05, 0.1) is 20.6 Å². The number of thioether (sulfide) groups is 2. The maximum atomic E-state index is 13.3. The second-order valence-electron chi connectivity index (χ2n) is 7.83. The summed E-state index contributed by atoms with van der Waals surface area (Å²) in [6.45, 7) is 9.76. The fourth-order valence-electron chi connectivity index (χ4n) is 3.47. The van der Waals surface area contributed by atoms with Crippen molar-refractivity contribution >= 4 is 35.3 Å². The van der Waals surface area contributed by atoms with Gasteiger partial charge in [-0.1, -0.05) is 63.6 Å². The van der Waals surface area contributed by atoms with Crippen LogP contribution in [0.3, 0.4) is 0 Å². The zero-order valence-corrected chi connectivity index (χ0v) is 20.5. The van der Waals surface area contributed by atoms with E-state index in [1.54, 1.807) is 10.0 Å². The Hall–Kier alpha value is -1.80. The Labute approximate surface area is 193 Å². The minimum absolute atomic E-state index is 0.189. The van der Waals surface area contributed by atoms with Crippen molar-refractivity contribution < 1.29 is 19.4 Å². The second kappa shape index (κ2) is 10.7. The van der Waals surface area contributed by atoms with E-state index in [0.29, 0.717) is 34.6 Å². The second-order valence-corrected chi connectivity index (χ2v) is 10.1. The molecule has 8 heteroatoms. The van der Waals surface area contributed by atoms with Gasteiger partial charge in [0.2, 0.25) is 0 Å². The molecule has 2 amide bonds. The van der Waals surface area contributed by atoms with Crippen LogP contribution in [0.5, 0.6) is 11.5 Å². The van der Waals surface area contributed by atoms with Gasteiger partial charge >= 0.3 is 0 Å². The highest BCUT2D eigenvalue weighted by Crippen LogP contribution is 2.60. The molecule has 1 N–H and O–H groups in total. The van der Waals surface area contributed by atoms with E-state index in [2.05, 4.69) is 20.8 Å². The number of hydrogen-bond acceptors (Lipinski definition) is 6. The predicted octanol–water partition coefficient (Wildman–Crippen LogP) is 5.47. The summed E-state index contributed by atoms with van der Waals surface area (Å²) in [6.07, 6.45) is 5.56. The summed E-state index contributed by atoms with van der Waals surface area (Å²) in [5, 5.41) is 13.9. The van der Waals surface area contributed by atoms with Gasteiger partial charge in [0.1, 0.15) is 17.1 Å². The molecule has 0 spiro atoms. The first-order valence-corrected chi connectivity index (χ1v) is 12.8. The molecule has 1 aromatic rings. The summed E-state index contributed by atoms with van der Waals surface area (Å²) in [5.41, 5.74) is 0.942. The van der Waals surface area contributed by atoms with Crippen molar-refractivity contribution in [1.82, 2.24) is 10.0 Å². The number of carbonyl (C=O) groups is 2. The van der Waals surface area contributed by atoms with Crippen LogP contribution in [0.4, 0.5) is 0 Å². The number of amides is 2. The first-order valence-electron chi connectivity index (χ1n) is 11.2. The van der Waals surface area contributed by atoms with E-state index >= 15 is 0 Å². The molecule has 0 unspecified atom stereocenters.